The molecule has 0 bridgehead atoms. The molecule has 6 heteroatoms. The lowest BCUT2D eigenvalue weighted by Gasteiger charge is -2.26. The first-order chi connectivity index (χ1) is 12.5. The van der Waals surface area contributed by atoms with Crippen molar-refractivity contribution in [3.63, 3.8) is 0 Å². The van der Waals surface area contributed by atoms with E-state index in [4.69, 9.17) is 14.5 Å². The highest BCUT2D eigenvalue weighted by molar-refractivity contribution is 5.79. The molecule has 146 valence electrons. The van der Waals surface area contributed by atoms with Gasteiger partial charge in [-0.05, 0) is 31.9 Å². The van der Waals surface area contributed by atoms with Crippen LogP contribution in [-0.2, 0) is 22.6 Å². The monoisotopic (exact) mass is 362 g/mol. The average Bonchev–Trinajstić information content (AvgIpc) is 2.65. The molecule has 6 nitrogen and oxygen atoms in total. The predicted octanol–water partition coefficient (Wildman–Crippen LogP) is 2.00. The van der Waals surface area contributed by atoms with Gasteiger partial charge in [0.05, 0.1) is 25.4 Å². The Balaban J connectivity index is 1.93. The quantitative estimate of drug-likeness (QED) is 0.547. The number of ether oxygens (including phenoxy) is 2. The van der Waals surface area contributed by atoms with Gasteiger partial charge in [0.1, 0.15) is 0 Å². The van der Waals surface area contributed by atoms with Gasteiger partial charge in [-0.1, -0.05) is 24.3 Å². The second kappa shape index (κ2) is 10.5. The molecule has 1 heterocycles. The molecule has 2 rings (SSSR count). The second-order valence-electron chi connectivity index (χ2n) is 7.22. The molecule has 0 aromatic heterocycles. The number of hydrogen-bond acceptors (Lipinski definition) is 4. The van der Waals surface area contributed by atoms with Gasteiger partial charge in [0, 0.05) is 39.8 Å². The Bertz CT molecular complexity index is 569. The smallest absolute Gasteiger partial charge is 0.191 e. The Morgan fingerprint density at radius 1 is 1.23 bits per heavy atom. The summed E-state index contributed by atoms with van der Waals surface area (Å²) in [5.74, 6) is 0.816. The number of hydrogen-bond donors (Lipinski definition) is 2. The van der Waals surface area contributed by atoms with E-state index >= 15 is 0 Å². The third kappa shape index (κ3) is 7.32. The number of aliphatic imine (C=N–C) groups is 1. The van der Waals surface area contributed by atoms with Gasteiger partial charge in [0.25, 0.3) is 0 Å². The summed E-state index contributed by atoms with van der Waals surface area (Å²) in [7, 11) is 1.73. The molecule has 0 unspecified atom stereocenters. The standard InChI is InChI=1S/C20H34N4O2/c1-5-21-19(23-16-20(2,3)25-4)22-14-17-7-6-8-18(13-17)15-24-9-11-26-12-10-24/h6-8,13H,5,9-12,14-16H2,1-4H3,(H2,21,22,23). The van der Waals surface area contributed by atoms with Gasteiger partial charge < -0.3 is 20.1 Å². The van der Waals surface area contributed by atoms with E-state index in [0.717, 1.165) is 45.4 Å². The number of methoxy groups -OCH3 is 1. The number of morpholine rings is 1. The normalized spacial score (nSPS) is 16.5. The molecule has 0 radical (unpaired) electrons. The summed E-state index contributed by atoms with van der Waals surface area (Å²) in [4.78, 5) is 7.15. The van der Waals surface area contributed by atoms with Gasteiger partial charge in [0.2, 0.25) is 0 Å². The van der Waals surface area contributed by atoms with E-state index in [1.807, 2.05) is 0 Å². The first-order valence-corrected chi connectivity index (χ1v) is 9.47. The fourth-order valence-corrected chi connectivity index (χ4v) is 2.72. The molecule has 1 aromatic rings. The molecule has 1 aromatic carbocycles. The van der Waals surface area contributed by atoms with Crippen LogP contribution in [0.2, 0.25) is 0 Å². The van der Waals surface area contributed by atoms with Crippen molar-refractivity contribution in [3.8, 4) is 0 Å². The summed E-state index contributed by atoms with van der Waals surface area (Å²) in [6, 6.07) is 8.69. The van der Waals surface area contributed by atoms with Gasteiger partial charge >= 0.3 is 0 Å². The summed E-state index contributed by atoms with van der Waals surface area (Å²) < 4.78 is 10.9. The summed E-state index contributed by atoms with van der Waals surface area (Å²) in [5, 5.41) is 6.65. The maximum Gasteiger partial charge on any atom is 0.191 e. The third-order valence-corrected chi connectivity index (χ3v) is 4.50. The Morgan fingerprint density at radius 2 is 1.96 bits per heavy atom. The molecule has 0 amide bonds. The molecule has 0 spiro atoms. The van der Waals surface area contributed by atoms with Crippen molar-refractivity contribution in [3.05, 3.63) is 35.4 Å². The lowest BCUT2D eigenvalue weighted by Crippen LogP contribution is -2.45. The molecular weight excluding hydrogens is 328 g/mol. The second-order valence-corrected chi connectivity index (χ2v) is 7.22. The zero-order valence-electron chi connectivity index (χ0n) is 16.7. The van der Waals surface area contributed by atoms with Gasteiger partial charge in [-0.25, -0.2) is 4.99 Å². The first-order valence-electron chi connectivity index (χ1n) is 9.47. The van der Waals surface area contributed by atoms with Crippen LogP contribution in [0.1, 0.15) is 31.9 Å². The Kier molecular flexibility index (Phi) is 8.35. The van der Waals surface area contributed by atoms with Gasteiger partial charge in [-0.2, -0.15) is 0 Å². The van der Waals surface area contributed by atoms with Crippen molar-refractivity contribution in [2.45, 2.75) is 39.5 Å². The summed E-state index contributed by atoms with van der Waals surface area (Å²) in [5.41, 5.74) is 2.32. The fraction of sp³-hybridized carbons (Fsp3) is 0.650. The molecule has 1 aliphatic heterocycles. The zero-order valence-corrected chi connectivity index (χ0v) is 16.7. The minimum absolute atomic E-state index is 0.228. The van der Waals surface area contributed by atoms with Crippen molar-refractivity contribution >= 4 is 5.96 Å². The van der Waals surface area contributed by atoms with Crippen LogP contribution in [0.25, 0.3) is 0 Å². The fourth-order valence-electron chi connectivity index (χ4n) is 2.72. The molecule has 0 aliphatic carbocycles. The Hall–Kier alpha value is -1.63. The Labute approximate surface area is 158 Å². The molecular formula is C20H34N4O2. The van der Waals surface area contributed by atoms with Crippen LogP contribution in [0.4, 0.5) is 0 Å². The van der Waals surface area contributed by atoms with Crippen LogP contribution in [0.15, 0.2) is 29.3 Å². The molecule has 2 N–H and O–H groups in total. The maximum absolute atomic E-state index is 5.46. The van der Waals surface area contributed by atoms with E-state index < -0.39 is 0 Å². The van der Waals surface area contributed by atoms with Crippen LogP contribution >= 0.6 is 0 Å². The summed E-state index contributed by atoms with van der Waals surface area (Å²) in [6.45, 7) is 13.0. The van der Waals surface area contributed by atoms with Crippen molar-refractivity contribution in [1.82, 2.24) is 15.5 Å². The van der Waals surface area contributed by atoms with Crippen LogP contribution < -0.4 is 10.6 Å². The molecule has 1 saturated heterocycles. The van der Waals surface area contributed by atoms with E-state index in [1.54, 1.807) is 7.11 Å². The third-order valence-electron chi connectivity index (χ3n) is 4.50. The van der Waals surface area contributed by atoms with Crippen LogP contribution in [0.3, 0.4) is 0 Å². The average molecular weight is 363 g/mol. The van der Waals surface area contributed by atoms with E-state index in [0.29, 0.717) is 13.1 Å². The number of nitrogens with one attached hydrogen (secondary N) is 2. The van der Waals surface area contributed by atoms with E-state index in [2.05, 4.69) is 60.6 Å². The molecule has 1 fully saturated rings. The van der Waals surface area contributed by atoms with Crippen LogP contribution in [0.5, 0.6) is 0 Å². The number of benzene rings is 1. The predicted molar refractivity (Wildman–Crippen MR) is 106 cm³/mol. The molecule has 26 heavy (non-hydrogen) atoms. The highest BCUT2D eigenvalue weighted by Crippen LogP contribution is 2.11. The number of guanidine groups is 1. The van der Waals surface area contributed by atoms with Crippen LogP contribution in [0, 0.1) is 0 Å². The van der Waals surface area contributed by atoms with E-state index in [9.17, 15) is 0 Å². The zero-order chi connectivity index (χ0) is 18.8. The summed E-state index contributed by atoms with van der Waals surface area (Å²) >= 11 is 0. The van der Waals surface area contributed by atoms with Gasteiger partial charge in [-0.15, -0.1) is 0 Å². The molecule has 1 aliphatic rings. The van der Waals surface area contributed by atoms with Gasteiger partial charge in [-0.3, -0.25) is 4.90 Å². The van der Waals surface area contributed by atoms with Crippen molar-refractivity contribution < 1.29 is 9.47 Å². The molecule has 0 atom stereocenters. The number of rotatable bonds is 8. The highest BCUT2D eigenvalue weighted by Gasteiger charge is 2.16. The topological polar surface area (TPSA) is 58.1 Å². The minimum Gasteiger partial charge on any atom is -0.379 e. The van der Waals surface area contributed by atoms with Crippen molar-refractivity contribution in [2.75, 3.05) is 46.5 Å². The maximum atomic E-state index is 5.46. The Morgan fingerprint density at radius 3 is 2.65 bits per heavy atom. The van der Waals surface area contributed by atoms with E-state index in [-0.39, 0.29) is 5.60 Å². The first kappa shape index (κ1) is 20.7. The highest BCUT2D eigenvalue weighted by atomic mass is 16.5. The minimum atomic E-state index is -0.228. The summed E-state index contributed by atoms with van der Waals surface area (Å²) in [6.07, 6.45) is 0. The lowest BCUT2D eigenvalue weighted by atomic mass is 10.1. The lowest BCUT2D eigenvalue weighted by molar-refractivity contribution is 0.0268. The van der Waals surface area contributed by atoms with Gasteiger partial charge in [0.15, 0.2) is 5.96 Å². The van der Waals surface area contributed by atoms with E-state index in [1.165, 1.54) is 11.1 Å². The van der Waals surface area contributed by atoms with Crippen molar-refractivity contribution in [1.29, 1.82) is 0 Å². The number of nitrogens with zero attached hydrogens (tertiary/aromatic N) is 2. The van der Waals surface area contributed by atoms with Crippen LogP contribution in [-0.4, -0.2) is 63.0 Å². The molecule has 0 saturated carbocycles. The SMILES string of the molecule is CCNC(=NCc1cccc(CN2CCOCC2)c1)NCC(C)(C)OC. The largest absolute Gasteiger partial charge is 0.379 e. The van der Waals surface area contributed by atoms with Crippen molar-refractivity contribution in [2.24, 2.45) is 4.99 Å².